The number of rotatable bonds is 11. The highest BCUT2D eigenvalue weighted by Gasteiger charge is 2.78. The Kier molecular flexibility index (Phi) is 7.61. The molecule has 1 aromatic rings. The number of anilines is 2. The Labute approximate surface area is 213 Å². The maximum absolute atomic E-state index is 13.8. The number of hydrogen-bond donors (Lipinski definition) is 2. The van der Waals surface area contributed by atoms with Crippen molar-refractivity contribution in [3.8, 4) is 0 Å². The summed E-state index contributed by atoms with van der Waals surface area (Å²) >= 11 is 0. The van der Waals surface area contributed by atoms with E-state index in [1.165, 1.54) is 4.90 Å². The largest absolute Gasteiger partial charge is 0.466 e. The Balaban J connectivity index is 1.66. The molecule has 1 spiro atoms. The molecular weight excluding hydrogens is 462 g/mol. The lowest BCUT2D eigenvalue weighted by molar-refractivity contribution is -0.160. The van der Waals surface area contributed by atoms with Gasteiger partial charge in [-0.25, -0.2) is 0 Å². The monoisotopic (exact) mass is 501 g/mol. The first-order valence-electron chi connectivity index (χ1n) is 13.3. The third-order valence-electron chi connectivity index (χ3n) is 8.29. The first-order chi connectivity index (χ1) is 17.3. The summed E-state index contributed by atoms with van der Waals surface area (Å²) in [6.07, 6.45) is 1.99. The fourth-order valence-corrected chi connectivity index (χ4v) is 6.65. The smallest absolute Gasteiger partial charge is 0.312 e. The molecule has 2 N–H and O–H groups in total. The number of benzene rings is 1. The summed E-state index contributed by atoms with van der Waals surface area (Å²) in [5.41, 5.74) is -0.202. The van der Waals surface area contributed by atoms with Gasteiger partial charge in [0.25, 0.3) is 0 Å². The Morgan fingerprint density at radius 1 is 1.17 bits per heavy atom. The Morgan fingerprint density at radius 2 is 1.86 bits per heavy atom. The number of aliphatic hydroxyl groups excluding tert-OH is 1. The minimum atomic E-state index is -1.09. The van der Waals surface area contributed by atoms with Crippen LogP contribution < -0.4 is 10.2 Å². The lowest BCUT2D eigenvalue weighted by atomic mass is 9.65. The summed E-state index contributed by atoms with van der Waals surface area (Å²) in [7, 11) is 0. The van der Waals surface area contributed by atoms with E-state index in [4.69, 9.17) is 9.47 Å². The van der Waals surface area contributed by atoms with Crippen LogP contribution in [0, 0.1) is 11.8 Å². The van der Waals surface area contributed by atoms with E-state index in [0.717, 1.165) is 18.8 Å². The normalized spacial score (nSPS) is 30.4. The fourth-order valence-electron chi connectivity index (χ4n) is 6.65. The second-order valence-corrected chi connectivity index (χ2v) is 9.90. The van der Waals surface area contributed by atoms with Crippen LogP contribution in [0.1, 0.15) is 53.4 Å². The number of hydrogen-bond acceptors (Lipinski definition) is 7. The van der Waals surface area contributed by atoms with Crippen LogP contribution in [0.4, 0.5) is 11.4 Å². The molecule has 2 amide bonds. The molecule has 0 aromatic heterocycles. The molecule has 3 aliphatic rings. The summed E-state index contributed by atoms with van der Waals surface area (Å²) in [6.45, 7) is 9.96. The number of ether oxygens (including phenoxy) is 2. The summed E-state index contributed by atoms with van der Waals surface area (Å²) in [4.78, 5) is 44.4. The van der Waals surface area contributed by atoms with Gasteiger partial charge in [0, 0.05) is 37.6 Å². The van der Waals surface area contributed by atoms with Gasteiger partial charge in [-0.05, 0) is 70.7 Å². The van der Waals surface area contributed by atoms with Crippen molar-refractivity contribution < 1.29 is 29.0 Å². The van der Waals surface area contributed by atoms with Crippen LogP contribution in [0.2, 0.25) is 0 Å². The zero-order valence-corrected chi connectivity index (χ0v) is 21.8. The van der Waals surface area contributed by atoms with Gasteiger partial charge < -0.3 is 29.7 Å². The number of esters is 1. The number of fused-ring (bicyclic) bond motifs is 1. The average Bonchev–Trinajstić information content (AvgIpc) is 3.48. The number of amides is 2. The lowest BCUT2D eigenvalue weighted by Crippen LogP contribution is -2.53. The summed E-state index contributed by atoms with van der Waals surface area (Å²) in [5.74, 6) is -2.56. The van der Waals surface area contributed by atoms with E-state index >= 15 is 0 Å². The van der Waals surface area contributed by atoms with Crippen molar-refractivity contribution in [2.45, 2.75) is 70.6 Å². The maximum atomic E-state index is 13.8. The van der Waals surface area contributed by atoms with E-state index in [0.29, 0.717) is 31.4 Å². The number of likely N-dealkylation sites (tertiary alicyclic amines) is 1. The van der Waals surface area contributed by atoms with Gasteiger partial charge in [0.2, 0.25) is 11.8 Å². The molecule has 0 aliphatic carbocycles. The van der Waals surface area contributed by atoms with Crippen molar-refractivity contribution in [2.24, 2.45) is 11.8 Å². The van der Waals surface area contributed by atoms with Gasteiger partial charge in [0.15, 0.2) is 0 Å². The van der Waals surface area contributed by atoms with E-state index < -0.39 is 35.0 Å². The molecular formula is C27H39N3O6. The molecule has 3 aliphatic heterocycles. The highest BCUT2D eigenvalue weighted by atomic mass is 16.6. The van der Waals surface area contributed by atoms with E-state index in [2.05, 4.69) is 24.1 Å². The molecule has 4 rings (SSSR count). The van der Waals surface area contributed by atoms with Crippen LogP contribution >= 0.6 is 0 Å². The second-order valence-electron chi connectivity index (χ2n) is 9.90. The van der Waals surface area contributed by atoms with Crippen LogP contribution in [-0.2, 0) is 23.9 Å². The van der Waals surface area contributed by atoms with Crippen molar-refractivity contribution in [1.82, 2.24) is 4.90 Å². The molecule has 2 bridgehead atoms. The predicted molar refractivity (Wildman–Crippen MR) is 136 cm³/mol. The lowest BCUT2D eigenvalue weighted by Gasteiger charge is -2.33. The molecule has 9 nitrogen and oxygen atoms in total. The van der Waals surface area contributed by atoms with Crippen LogP contribution in [0.15, 0.2) is 24.3 Å². The van der Waals surface area contributed by atoms with E-state index in [1.807, 2.05) is 31.2 Å². The van der Waals surface area contributed by atoms with Gasteiger partial charge >= 0.3 is 5.97 Å². The van der Waals surface area contributed by atoms with Gasteiger partial charge in [-0.15, -0.1) is 0 Å². The van der Waals surface area contributed by atoms with Crippen molar-refractivity contribution in [3.63, 3.8) is 0 Å². The van der Waals surface area contributed by atoms with Crippen molar-refractivity contribution >= 4 is 29.2 Å². The minimum Gasteiger partial charge on any atom is -0.466 e. The van der Waals surface area contributed by atoms with Crippen molar-refractivity contribution in [1.29, 1.82) is 0 Å². The molecule has 198 valence electrons. The number of carbonyl (C=O) groups excluding carboxylic acids is 3. The van der Waals surface area contributed by atoms with E-state index in [9.17, 15) is 19.5 Å². The number of nitrogens with zero attached hydrogens (tertiary/aromatic N) is 2. The topological polar surface area (TPSA) is 108 Å². The number of aliphatic hydroxyl groups is 1. The van der Waals surface area contributed by atoms with Gasteiger partial charge in [-0.1, -0.05) is 6.92 Å². The molecule has 3 fully saturated rings. The van der Waals surface area contributed by atoms with Crippen LogP contribution in [0.25, 0.3) is 0 Å². The molecule has 3 saturated heterocycles. The summed E-state index contributed by atoms with van der Waals surface area (Å²) in [6, 6.07) is 6.76. The Hall–Kier alpha value is -2.65. The second kappa shape index (κ2) is 10.4. The minimum absolute atomic E-state index is 0.107. The highest BCUT2D eigenvalue weighted by molar-refractivity contribution is 6.03. The summed E-state index contributed by atoms with van der Waals surface area (Å²) < 4.78 is 12.0. The van der Waals surface area contributed by atoms with Crippen LogP contribution in [-0.4, -0.2) is 77.9 Å². The Morgan fingerprint density at radius 3 is 2.44 bits per heavy atom. The number of nitrogens with one attached hydrogen (secondary N) is 1. The quantitative estimate of drug-likeness (QED) is 0.449. The van der Waals surface area contributed by atoms with Gasteiger partial charge in [-0.3, -0.25) is 14.4 Å². The van der Waals surface area contributed by atoms with Crippen molar-refractivity contribution in [2.75, 3.05) is 43.1 Å². The highest BCUT2D eigenvalue weighted by Crippen LogP contribution is 2.64. The molecule has 3 heterocycles. The third-order valence-corrected chi connectivity index (χ3v) is 8.29. The molecule has 36 heavy (non-hydrogen) atoms. The maximum Gasteiger partial charge on any atom is 0.312 e. The van der Waals surface area contributed by atoms with Gasteiger partial charge in [0.05, 0.1) is 18.1 Å². The Bertz CT molecular complexity index is 980. The van der Waals surface area contributed by atoms with E-state index in [1.54, 1.807) is 6.92 Å². The van der Waals surface area contributed by atoms with Crippen LogP contribution in [0.5, 0.6) is 0 Å². The average molecular weight is 502 g/mol. The molecule has 1 aromatic carbocycles. The zero-order valence-electron chi connectivity index (χ0n) is 21.8. The number of carbonyl (C=O) groups is 3. The third kappa shape index (κ3) is 4.06. The molecule has 0 radical (unpaired) electrons. The van der Waals surface area contributed by atoms with E-state index in [-0.39, 0.29) is 31.6 Å². The standard InChI is InChI=1S/C27H39N3O6/c1-5-26-14-15-27(36-26)20(21(26)25(34)35-8-4)24(33)30(16-9-17-31)22(27)23(32)28-18-10-12-19(13-11-18)29(6-2)7-3/h10-13,20-22,31H,5-9,14-17H2,1-4H3,(H,28,32)/t20-,21-,22?,26+,27?/m0/s1. The molecule has 5 atom stereocenters. The predicted octanol–water partition coefficient (Wildman–Crippen LogP) is 2.57. The van der Waals surface area contributed by atoms with Crippen LogP contribution in [0.3, 0.4) is 0 Å². The first kappa shape index (κ1) is 26.4. The molecule has 0 saturated carbocycles. The molecule has 9 heteroatoms. The van der Waals surface area contributed by atoms with Gasteiger partial charge in [-0.2, -0.15) is 0 Å². The van der Waals surface area contributed by atoms with Gasteiger partial charge in [0.1, 0.15) is 17.6 Å². The fraction of sp³-hybridized carbons (Fsp3) is 0.667. The first-order valence-corrected chi connectivity index (χ1v) is 13.3. The zero-order chi connectivity index (χ0) is 26.1. The van der Waals surface area contributed by atoms with Crippen molar-refractivity contribution in [3.05, 3.63) is 24.3 Å². The molecule has 2 unspecified atom stereocenters. The SMILES string of the molecule is CCOC(=O)[C@@H]1[C@H]2C(=O)N(CCCO)C(C(=O)Nc3ccc(N(CC)CC)cc3)C23CC[C@@]1(CC)O3. The summed E-state index contributed by atoms with van der Waals surface area (Å²) in [5, 5.41) is 12.5.